The molecular weight excluding hydrogens is 278 g/mol. The standard InChI is InChI=1S/C11H18ClNO2S2/c1-2-5-10(11-6-3-8-16-11)13-17(14,15)9-4-7-12/h3,6,8,10,13H,2,4-5,7,9H2,1H3. The Morgan fingerprint density at radius 3 is 2.82 bits per heavy atom. The van der Waals surface area contributed by atoms with Crippen LogP contribution in [0.1, 0.15) is 37.1 Å². The number of halogens is 1. The van der Waals surface area contributed by atoms with Gasteiger partial charge in [0.25, 0.3) is 0 Å². The molecule has 0 bridgehead atoms. The second-order valence-electron chi connectivity index (χ2n) is 3.84. The Balaban J connectivity index is 2.67. The topological polar surface area (TPSA) is 46.2 Å². The minimum absolute atomic E-state index is 0.0969. The summed E-state index contributed by atoms with van der Waals surface area (Å²) in [4.78, 5) is 1.07. The van der Waals surface area contributed by atoms with Gasteiger partial charge in [-0.25, -0.2) is 13.1 Å². The van der Waals surface area contributed by atoms with Gasteiger partial charge in [-0.1, -0.05) is 19.4 Å². The van der Waals surface area contributed by atoms with Crippen molar-refractivity contribution in [3.8, 4) is 0 Å². The lowest BCUT2D eigenvalue weighted by molar-refractivity contribution is 0.539. The Morgan fingerprint density at radius 1 is 1.53 bits per heavy atom. The van der Waals surface area contributed by atoms with E-state index in [0.29, 0.717) is 12.3 Å². The largest absolute Gasteiger partial charge is 0.212 e. The van der Waals surface area contributed by atoms with Crippen LogP contribution in [0.2, 0.25) is 0 Å². The lowest BCUT2D eigenvalue weighted by Gasteiger charge is -2.16. The Bertz CT molecular complexity index is 403. The van der Waals surface area contributed by atoms with Gasteiger partial charge < -0.3 is 0 Å². The molecule has 0 spiro atoms. The molecule has 0 aliphatic carbocycles. The van der Waals surface area contributed by atoms with Crippen molar-refractivity contribution in [2.24, 2.45) is 0 Å². The van der Waals surface area contributed by atoms with Crippen LogP contribution in [0.25, 0.3) is 0 Å². The zero-order valence-corrected chi connectivity index (χ0v) is 12.2. The predicted molar refractivity (Wildman–Crippen MR) is 74.2 cm³/mol. The number of sulfonamides is 1. The first kappa shape index (κ1) is 15.0. The van der Waals surface area contributed by atoms with Crippen molar-refractivity contribution in [1.29, 1.82) is 0 Å². The molecule has 0 aromatic carbocycles. The molecule has 17 heavy (non-hydrogen) atoms. The molecule has 1 atom stereocenters. The first-order valence-electron chi connectivity index (χ1n) is 5.68. The number of nitrogens with one attached hydrogen (secondary N) is 1. The van der Waals surface area contributed by atoms with Crippen LogP contribution in [-0.2, 0) is 10.0 Å². The molecule has 1 aromatic heterocycles. The zero-order valence-electron chi connectivity index (χ0n) is 9.86. The maximum atomic E-state index is 11.8. The summed E-state index contributed by atoms with van der Waals surface area (Å²) in [6, 6.07) is 3.81. The van der Waals surface area contributed by atoms with Gasteiger partial charge in [-0.05, 0) is 24.3 Å². The van der Waals surface area contributed by atoms with Crippen LogP contribution >= 0.6 is 22.9 Å². The molecule has 0 amide bonds. The van der Waals surface area contributed by atoms with Gasteiger partial charge in [-0.3, -0.25) is 0 Å². The maximum Gasteiger partial charge on any atom is 0.212 e. The third-order valence-electron chi connectivity index (χ3n) is 2.33. The van der Waals surface area contributed by atoms with E-state index in [1.165, 1.54) is 0 Å². The summed E-state index contributed by atoms with van der Waals surface area (Å²) in [7, 11) is -3.22. The van der Waals surface area contributed by atoms with E-state index in [9.17, 15) is 8.42 Å². The SMILES string of the molecule is CCCC(NS(=O)(=O)CCCCl)c1cccs1. The highest BCUT2D eigenvalue weighted by Gasteiger charge is 2.19. The zero-order chi connectivity index (χ0) is 12.7. The monoisotopic (exact) mass is 295 g/mol. The van der Waals surface area contributed by atoms with Gasteiger partial charge in [0.2, 0.25) is 10.0 Å². The molecule has 0 saturated heterocycles. The lowest BCUT2D eigenvalue weighted by atomic mass is 10.1. The van der Waals surface area contributed by atoms with Crippen molar-refractivity contribution in [1.82, 2.24) is 4.72 Å². The van der Waals surface area contributed by atoms with E-state index in [-0.39, 0.29) is 11.8 Å². The molecule has 0 aliphatic heterocycles. The first-order valence-corrected chi connectivity index (χ1v) is 8.75. The van der Waals surface area contributed by atoms with E-state index in [1.54, 1.807) is 11.3 Å². The number of alkyl halides is 1. The Kier molecular flexibility index (Phi) is 6.48. The van der Waals surface area contributed by atoms with Gasteiger partial charge >= 0.3 is 0 Å². The van der Waals surface area contributed by atoms with Crippen LogP contribution in [0, 0.1) is 0 Å². The van der Waals surface area contributed by atoms with Crippen LogP contribution in [0.4, 0.5) is 0 Å². The van der Waals surface area contributed by atoms with Crippen molar-refractivity contribution in [3.63, 3.8) is 0 Å². The van der Waals surface area contributed by atoms with E-state index >= 15 is 0 Å². The molecule has 1 N–H and O–H groups in total. The quantitative estimate of drug-likeness (QED) is 0.749. The number of hydrogen-bond acceptors (Lipinski definition) is 3. The van der Waals surface area contributed by atoms with E-state index in [4.69, 9.17) is 11.6 Å². The summed E-state index contributed by atoms with van der Waals surface area (Å²) in [5.74, 6) is 0.473. The molecule has 0 fully saturated rings. The molecule has 98 valence electrons. The van der Waals surface area contributed by atoms with Gasteiger partial charge in [-0.15, -0.1) is 22.9 Å². The van der Waals surface area contributed by atoms with Crippen LogP contribution in [-0.4, -0.2) is 20.1 Å². The van der Waals surface area contributed by atoms with Crippen LogP contribution in [0.5, 0.6) is 0 Å². The molecule has 6 heteroatoms. The fourth-order valence-corrected chi connectivity index (χ4v) is 4.06. The normalized spacial score (nSPS) is 13.8. The molecule has 0 saturated carbocycles. The number of thiophene rings is 1. The third-order valence-corrected chi connectivity index (χ3v) is 5.06. The van der Waals surface area contributed by atoms with Gasteiger partial charge in [0.05, 0.1) is 11.8 Å². The molecule has 3 nitrogen and oxygen atoms in total. The van der Waals surface area contributed by atoms with Gasteiger partial charge in [0, 0.05) is 10.8 Å². The second-order valence-corrected chi connectivity index (χ2v) is 7.07. The molecule has 0 aliphatic rings. The van der Waals surface area contributed by atoms with E-state index < -0.39 is 10.0 Å². The van der Waals surface area contributed by atoms with Crippen molar-refractivity contribution in [2.45, 2.75) is 32.2 Å². The van der Waals surface area contributed by atoms with Crippen LogP contribution in [0.15, 0.2) is 17.5 Å². The van der Waals surface area contributed by atoms with Crippen molar-refractivity contribution in [2.75, 3.05) is 11.6 Å². The fraction of sp³-hybridized carbons (Fsp3) is 0.636. The average Bonchev–Trinajstić information content (AvgIpc) is 2.79. The Labute approximate surface area is 112 Å². The number of hydrogen-bond donors (Lipinski definition) is 1. The lowest BCUT2D eigenvalue weighted by Crippen LogP contribution is -2.30. The molecule has 1 rings (SSSR count). The minimum Gasteiger partial charge on any atom is -0.212 e. The van der Waals surface area contributed by atoms with E-state index in [2.05, 4.69) is 4.72 Å². The smallest absolute Gasteiger partial charge is 0.212 e. The molecule has 1 unspecified atom stereocenters. The molecular formula is C11H18ClNO2S2. The highest BCUT2D eigenvalue weighted by Crippen LogP contribution is 2.24. The average molecular weight is 296 g/mol. The second kappa shape index (κ2) is 7.36. The highest BCUT2D eigenvalue weighted by molar-refractivity contribution is 7.89. The summed E-state index contributed by atoms with van der Waals surface area (Å²) >= 11 is 7.10. The van der Waals surface area contributed by atoms with Crippen molar-refractivity contribution < 1.29 is 8.42 Å². The maximum absolute atomic E-state index is 11.8. The van der Waals surface area contributed by atoms with Crippen molar-refractivity contribution in [3.05, 3.63) is 22.4 Å². The number of rotatable bonds is 8. The first-order chi connectivity index (χ1) is 8.09. The van der Waals surface area contributed by atoms with Crippen molar-refractivity contribution >= 4 is 33.0 Å². The summed E-state index contributed by atoms with van der Waals surface area (Å²) in [6.07, 6.45) is 2.25. The van der Waals surface area contributed by atoms with E-state index in [0.717, 1.165) is 17.7 Å². The summed E-state index contributed by atoms with van der Waals surface area (Å²) in [5, 5.41) is 1.96. The molecule has 1 heterocycles. The summed E-state index contributed by atoms with van der Waals surface area (Å²) in [5.41, 5.74) is 0. The fourth-order valence-electron chi connectivity index (χ4n) is 1.56. The predicted octanol–water partition coefficient (Wildman–Crippen LogP) is 3.14. The molecule has 1 aromatic rings. The Hall–Kier alpha value is -0.100. The van der Waals surface area contributed by atoms with Crippen LogP contribution in [0.3, 0.4) is 0 Å². The molecule has 0 radical (unpaired) electrons. The van der Waals surface area contributed by atoms with Gasteiger partial charge in [0.1, 0.15) is 0 Å². The summed E-state index contributed by atoms with van der Waals surface area (Å²) < 4.78 is 26.4. The minimum atomic E-state index is -3.22. The highest BCUT2D eigenvalue weighted by atomic mass is 35.5. The third kappa shape index (κ3) is 5.38. The van der Waals surface area contributed by atoms with Gasteiger partial charge in [0.15, 0.2) is 0 Å². The Morgan fingerprint density at radius 2 is 2.29 bits per heavy atom. The van der Waals surface area contributed by atoms with Crippen LogP contribution < -0.4 is 4.72 Å². The van der Waals surface area contributed by atoms with E-state index in [1.807, 2.05) is 24.4 Å². The summed E-state index contributed by atoms with van der Waals surface area (Å²) in [6.45, 7) is 2.05. The van der Waals surface area contributed by atoms with Gasteiger partial charge in [-0.2, -0.15) is 0 Å².